The van der Waals surface area contributed by atoms with Gasteiger partial charge < -0.3 is 15.7 Å². The number of hydrogen-bond donors (Lipinski definition) is 3. The maximum atomic E-state index is 8.87. The van der Waals surface area contributed by atoms with E-state index in [4.69, 9.17) is 16.7 Å². The van der Waals surface area contributed by atoms with Crippen LogP contribution in [0.15, 0.2) is 0 Å². The third kappa shape index (κ3) is 6.02. The summed E-state index contributed by atoms with van der Waals surface area (Å²) in [7, 11) is 0. The van der Waals surface area contributed by atoms with Gasteiger partial charge in [0.1, 0.15) is 0 Å². The van der Waals surface area contributed by atoms with E-state index in [2.05, 4.69) is 39.4 Å². The van der Waals surface area contributed by atoms with E-state index in [1.807, 2.05) is 6.92 Å². The molecule has 0 unspecified atom stereocenters. The maximum Gasteiger partial charge on any atom is 0.228 e. The van der Waals surface area contributed by atoms with E-state index >= 15 is 0 Å². The molecule has 0 fully saturated rings. The predicted octanol–water partition coefficient (Wildman–Crippen LogP) is 2.17. The molecule has 1 heterocycles. The van der Waals surface area contributed by atoms with Crippen molar-refractivity contribution < 1.29 is 5.11 Å². The molecule has 6 nitrogen and oxygen atoms in total. The Labute approximate surface area is 119 Å². The van der Waals surface area contributed by atoms with E-state index in [1.165, 1.54) is 0 Å². The van der Waals surface area contributed by atoms with Crippen LogP contribution in [0.4, 0.5) is 11.9 Å². The van der Waals surface area contributed by atoms with E-state index in [1.54, 1.807) is 0 Å². The molecule has 1 rings (SSSR count). The molecule has 0 saturated heterocycles. The summed E-state index contributed by atoms with van der Waals surface area (Å²) in [5.41, 5.74) is 0.0557. The number of aliphatic hydroxyl groups is 1. The molecule has 0 amide bonds. The van der Waals surface area contributed by atoms with Gasteiger partial charge in [-0.1, -0.05) is 13.8 Å². The van der Waals surface area contributed by atoms with E-state index < -0.39 is 0 Å². The summed E-state index contributed by atoms with van der Waals surface area (Å²) in [5.74, 6) is 0.936. The second-order valence-corrected chi connectivity index (χ2v) is 5.46. The van der Waals surface area contributed by atoms with Gasteiger partial charge in [-0.25, -0.2) is 0 Å². The lowest BCUT2D eigenvalue weighted by molar-refractivity contribution is 0.247. The van der Waals surface area contributed by atoms with Crippen LogP contribution in [0, 0.1) is 5.41 Å². The van der Waals surface area contributed by atoms with E-state index in [0.717, 1.165) is 19.4 Å². The number of aromatic nitrogens is 3. The summed E-state index contributed by atoms with van der Waals surface area (Å²) in [5, 5.41) is 15.2. The van der Waals surface area contributed by atoms with Crippen LogP contribution in [-0.4, -0.2) is 39.8 Å². The van der Waals surface area contributed by atoms with Crippen LogP contribution in [-0.2, 0) is 0 Å². The van der Waals surface area contributed by atoms with Crippen LogP contribution in [0.5, 0.6) is 0 Å². The molecule has 0 aromatic carbocycles. The van der Waals surface area contributed by atoms with Gasteiger partial charge in [0.2, 0.25) is 17.2 Å². The average Bonchev–Trinajstić information content (AvgIpc) is 2.34. The summed E-state index contributed by atoms with van der Waals surface area (Å²) in [4.78, 5) is 12.2. The molecule has 0 saturated carbocycles. The Balaban J connectivity index is 2.61. The van der Waals surface area contributed by atoms with Gasteiger partial charge >= 0.3 is 0 Å². The van der Waals surface area contributed by atoms with Crippen LogP contribution in [0.3, 0.4) is 0 Å². The van der Waals surface area contributed by atoms with Crippen molar-refractivity contribution in [3.05, 3.63) is 5.28 Å². The highest BCUT2D eigenvalue weighted by Gasteiger charge is 2.17. The quantitative estimate of drug-likeness (QED) is 0.680. The summed E-state index contributed by atoms with van der Waals surface area (Å²) in [6.45, 7) is 7.86. The molecule has 0 atom stereocenters. The number of hydrogen-bond acceptors (Lipinski definition) is 6. The fourth-order valence-corrected chi connectivity index (χ4v) is 1.79. The zero-order valence-electron chi connectivity index (χ0n) is 11.7. The van der Waals surface area contributed by atoms with Crippen molar-refractivity contribution >= 4 is 23.5 Å². The first-order chi connectivity index (χ1) is 8.96. The van der Waals surface area contributed by atoms with Crippen molar-refractivity contribution in [3.8, 4) is 0 Å². The average molecular weight is 288 g/mol. The monoisotopic (exact) mass is 287 g/mol. The summed E-state index contributed by atoms with van der Waals surface area (Å²) in [6, 6.07) is 0. The second kappa shape index (κ2) is 7.45. The number of anilines is 2. The molecule has 0 bridgehead atoms. The third-order valence-corrected chi connectivity index (χ3v) is 2.85. The first-order valence-corrected chi connectivity index (χ1v) is 6.85. The van der Waals surface area contributed by atoms with Gasteiger partial charge in [0.05, 0.1) is 0 Å². The lowest BCUT2D eigenvalue weighted by Gasteiger charge is -2.24. The fraction of sp³-hybridized carbons (Fsp3) is 0.750. The second-order valence-electron chi connectivity index (χ2n) is 5.13. The number of halogens is 1. The minimum Gasteiger partial charge on any atom is -0.396 e. The molecular formula is C12H22ClN5O. The largest absolute Gasteiger partial charge is 0.396 e. The van der Waals surface area contributed by atoms with Crippen molar-refractivity contribution in [2.45, 2.75) is 33.6 Å². The molecule has 0 radical (unpaired) electrons. The van der Waals surface area contributed by atoms with Crippen LogP contribution < -0.4 is 10.6 Å². The van der Waals surface area contributed by atoms with Crippen molar-refractivity contribution in [3.63, 3.8) is 0 Å². The first kappa shape index (κ1) is 15.9. The lowest BCUT2D eigenvalue weighted by atomic mass is 9.88. The molecular weight excluding hydrogens is 266 g/mol. The zero-order valence-corrected chi connectivity index (χ0v) is 12.5. The van der Waals surface area contributed by atoms with Crippen molar-refractivity contribution in [2.75, 3.05) is 30.3 Å². The number of aliphatic hydroxyl groups excluding tert-OH is 1. The highest BCUT2D eigenvalue weighted by atomic mass is 35.5. The summed E-state index contributed by atoms with van der Waals surface area (Å²) in [6.07, 6.45) is 1.71. The standard InChI is InChI=1S/C12H22ClN5O/c1-4-14-10-16-9(13)17-11(18-10)15-8-12(2,3)6-5-7-19/h19H,4-8H2,1-3H3,(H2,14,15,16,17,18). The Morgan fingerprint density at radius 1 is 1.16 bits per heavy atom. The molecule has 108 valence electrons. The lowest BCUT2D eigenvalue weighted by Crippen LogP contribution is -2.24. The predicted molar refractivity (Wildman–Crippen MR) is 77.6 cm³/mol. The van der Waals surface area contributed by atoms with Gasteiger partial charge in [0, 0.05) is 19.7 Å². The van der Waals surface area contributed by atoms with Crippen LogP contribution in [0.1, 0.15) is 33.6 Å². The van der Waals surface area contributed by atoms with Gasteiger partial charge in [-0.15, -0.1) is 0 Å². The highest BCUT2D eigenvalue weighted by Crippen LogP contribution is 2.22. The molecule has 1 aromatic heterocycles. The summed E-state index contributed by atoms with van der Waals surface area (Å²) < 4.78 is 0. The molecule has 0 aliphatic rings. The van der Waals surface area contributed by atoms with Gasteiger partial charge in [-0.05, 0) is 36.8 Å². The van der Waals surface area contributed by atoms with Crippen LogP contribution in [0.25, 0.3) is 0 Å². The van der Waals surface area contributed by atoms with Gasteiger partial charge in [-0.3, -0.25) is 0 Å². The smallest absolute Gasteiger partial charge is 0.228 e. The zero-order chi connectivity index (χ0) is 14.3. The SMILES string of the molecule is CCNc1nc(Cl)nc(NCC(C)(C)CCCO)n1. The van der Waals surface area contributed by atoms with Gasteiger partial charge in [0.25, 0.3) is 0 Å². The maximum absolute atomic E-state index is 8.87. The molecule has 0 aliphatic carbocycles. The van der Waals surface area contributed by atoms with E-state index in [9.17, 15) is 0 Å². The van der Waals surface area contributed by atoms with E-state index in [0.29, 0.717) is 18.4 Å². The summed E-state index contributed by atoms with van der Waals surface area (Å²) >= 11 is 5.84. The minimum atomic E-state index is 0.0557. The Hall–Kier alpha value is -1.14. The van der Waals surface area contributed by atoms with Crippen molar-refractivity contribution in [1.82, 2.24) is 15.0 Å². The Morgan fingerprint density at radius 2 is 1.79 bits per heavy atom. The Bertz CT molecular complexity index is 400. The number of nitrogens with one attached hydrogen (secondary N) is 2. The molecule has 19 heavy (non-hydrogen) atoms. The number of nitrogens with zero attached hydrogens (tertiary/aromatic N) is 3. The normalized spacial score (nSPS) is 11.4. The highest BCUT2D eigenvalue weighted by molar-refractivity contribution is 6.28. The topological polar surface area (TPSA) is 83.0 Å². The molecule has 0 spiro atoms. The van der Waals surface area contributed by atoms with E-state index in [-0.39, 0.29) is 17.3 Å². The first-order valence-electron chi connectivity index (χ1n) is 6.47. The van der Waals surface area contributed by atoms with Crippen LogP contribution >= 0.6 is 11.6 Å². The van der Waals surface area contributed by atoms with Gasteiger partial charge in [0.15, 0.2) is 0 Å². The molecule has 3 N–H and O–H groups in total. The van der Waals surface area contributed by atoms with Crippen molar-refractivity contribution in [1.29, 1.82) is 0 Å². The van der Waals surface area contributed by atoms with Gasteiger partial charge in [-0.2, -0.15) is 15.0 Å². The fourth-order valence-electron chi connectivity index (χ4n) is 1.63. The third-order valence-electron chi connectivity index (χ3n) is 2.68. The molecule has 0 aliphatic heterocycles. The molecule has 7 heteroatoms. The van der Waals surface area contributed by atoms with Crippen molar-refractivity contribution in [2.24, 2.45) is 5.41 Å². The van der Waals surface area contributed by atoms with Crippen LogP contribution in [0.2, 0.25) is 5.28 Å². The number of rotatable bonds is 8. The molecule has 1 aromatic rings. The Kier molecular flexibility index (Phi) is 6.24. The minimum absolute atomic E-state index is 0.0557. The Morgan fingerprint density at radius 3 is 2.37 bits per heavy atom.